The van der Waals surface area contributed by atoms with Gasteiger partial charge in [-0.15, -0.1) is 0 Å². The van der Waals surface area contributed by atoms with Crippen LogP contribution in [-0.4, -0.2) is 81.4 Å². The first-order valence-corrected chi connectivity index (χ1v) is 23.6. The number of nitrogens with one attached hydrogen (secondary N) is 1. The Balaban J connectivity index is 1.71. The van der Waals surface area contributed by atoms with Gasteiger partial charge in [-0.05, 0) is 59.1 Å². The number of rotatable bonds is 19. The predicted molar refractivity (Wildman–Crippen MR) is 226 cm³/mol. The average molecular weight is 833 g/mol. The molecule has 1 aliphatic rings. The molecule has 13 nitrogen and oxygen atoms in total. The van der Waals surface area contributed by atoms with Gasteiger partial charge >= 0.3 is 5.69 Å². The third kappa shape index (κ3) is 9.98. The van der Waals surface area contributed by atoms with E-state index in [4.69, 9.17) is 32.4 Å². The van der Waals surface area contributed by atoms with Crippen LogP contribution in [0.15, 0.2) is 101 Å². The molecule has 0 saturated carbocycles. The standard InChI is InChI=1S/C43H57N4O9PSi/c1-10-46(11-2)57(53-29-15-27-44)55-38-36(54-40(47-28-26-37(48)45-41(47)49)39(38)56-58(8,9)42(3,4)5)30-52-43(31-16-13-12-14-17-31,32-18-22-34(50-6)23-19-32)33-20-24-35(51-7)25-21-33/h12-14,16-26,28,36,38-40H,10-11,15,29-30H2,1-9H3,(H,45,48,49)/t36-,38-,39-,40-,57?/m1/s1. The van der Waals surface area contributed by atoms with Crippen molar-refractivity contribution < 1.29 is 32.4 Å². The molecule has 3 aromatic carbocycles. The SMILES string of the molecule is CCN(CC)P(OCCC#N)O[C@H]1[C@@H](O[Si](C)(C)C(C)(C)C)[C@H](n2ccc(=O)[nH]c2=O)O[C@@H]1COC(c1ccccc1)(c1ccc(OC)cc1)c1ccc(OC)cc1. The van der Waals surface area contributed by atoms with Crippen molar-refractivity contribution in [1.29, 1.82) is 5.26 Å². The first-order valence-electron chi connectivity index (χ1n) is 19.6. The van der Waals surface area contributed by atoms with Gasteiger partial charge in [-0.25, -0.2) is 9.46 Å². The predicted octanol–water partition coefficient (Wildman–Crippen LogP) is 7.73. The van der Waals surface area contributed by atoms with Crippen molar-refractivity contribution in [3.63, 3.8) is 0 Å². The van der Waals surface area contributed by atoms with E-state index in [0.29, 0.717) is 24.6 Å². The number of aromatic nitrogens is 2. The number of H-pyrrole nitrogens is 1. The summed E-state index contributed by atoms with van der Waals surface area (Å²) in [6.45, 7) is 16.1. The van der Waals surface area contributed by atoms with Crippen LogP contribution in [0.25, 0.3) is 0 Å². The normalized spacial score (nSPS) is 19.2. The molecule has 1 aliphatic heterocycles. The number of nitriles is 1. The number of hydrogen-bond donors (Lipinski definition) is 1. The van der Waals surface area contributed by atoms with E-state index in [-0.39, 0.29) is 24.7 Å². The molecule has 0 aliphatic carbocycles. The highest BCUT2D eigenvalue weighted by Crippen LogP contribution is 2.51. The van der Waals surface area contributed by atoms with Crippen LogP contribution in [0.3, 0.4) is 0 Å². The van der Waals surface area contributed by atoms with Crippen molar-refractivity contribution in [1.82, 2.24) is 14.2 Å². The van der Waals surface area contributed by atoms with Gasteiger partial charge in [-0.3, -0.25) is 14.3 Å². The van der Waals surface area contributed by atoms with Crippen LogP contribution in [0.5, 0.6) is 11.5 Å². The van der Waals surface area contributed by atoms with E-state index in [0.717, 1.165) is 16.7 Å². The lowest BCUT2D eigenvalue weighted by Gasteiger charge is -2.41. The Morgan fingerprint density at radius 3 is 1.93 bits per heavy atom. The molecule has 1 unspecified atom stereocenters. The van der Waals surface area contributed by atoms with Gasteiger partial charge in [0.05, 0.1) is 39.9 Å². The molecule has 312 valence electrons. The maximum atomic E-state index is 13.6. The lowest BCUT2D eigenvalue weighted by Crippen LogP contribution is -2.50. The van der Waals surface area contributed by atoms with Crippen molar-refractivity contribution in [3.05, 3.63) is 129 Å². The molecule has 1 fully saturated rings. The maximum absolute atomic E-state index is 13.6. The van der Waals surface area contributed by atoms with Crippen molar-refractivity contribution >= 4 is 16.8 Å². The summed E-state index contributed by atoms with van der Waals surface area (Å²) in [5.41, 5.74) is 0.141. The molecule has 0 bridgehead atoms. The lowest BCUT2D eigenvalue weighted by molar-refractivity contribution is -0.0942. The Morgan fingerprint density at radius 2 is 1.43 bits per heavy atom. The van der Waals surface area contributed by atoms with Gasteiger partial charge in [-0.2, -0.15) is 5.26 Å². The van der Waals surface area contributed by atoms with Crippen molar-refractivity contribution in [2.24, 2.45) is 0 Å². The third-order valence-electron chi connectivity index (χ3n) is 10.9. The van der Waals surface area contributed by atoms with Crippen molar-refractivity contribution in [2.75, 3.05) is 40.5 Å². The first-order chi connectivity index (χ1) is 27.7. The summed E-state index contributed by atoms with van der Waals surface area (Å²) in [5.74, 6) is 1.38. The summed E-state index contributed by atoms with van der Waals surface area (Å²) in [4.78, 5) is 28.2. The minimum atomic E-state index is -2.61. The molecular formula is C43H57N4O9PSi. The van der Waals surface area contributed by atoms with Gasteiger partial charge in [0.15, 0.2) is 14.5 Å². The third-order valence-corrected chi connectivity index (χ3v) is 17.2. The van der Waals surface area contributed by atoms with Gasteiger partial charge < -0.3 is 32.4 Å². The molecule has 0 radical (unpaired) electrons. The van der Waals surface area contributed by atoms with Crippen molar-refractivity contribution in [3.8, 4) is 17.6 Å². The zero-order chi connectivity index (χ0) is 42.1. The molecular weight excluding hydrogens is 776 g/mol. The molecule has 0 amide bonds. The highest BCUT2D eigenvalue weighted by atomic mass is 31.2. The van der Waals surface area contributed by atoms with E-state index < -0.39 is 58.2 Å². The first kappa shape index (κ1) is 44.9. The maximum Gasteiger partial charge on any atom is 0.330 e. The Labute approximate surface area is 343 Å². The van der Waals surface area contributed by atoms with Gasteiger partial charge in [0, 0.05) is 25.4 Å². The Morgan fingerprint density at radius 1 is 0.862 bits per heavy atom. The lowest BCUT2D eigenvalue weighted by atomic mass is 9.80. The molecule has 5 rings (SSSR count). The molecule has 1 saturated heterocycles. The van der Waals surface area contributed by atoms with Crippen molar-refractivity contribution in [2.45, 2.75) is 89.3 Å². The number of hydrogen-bond acceptors (Lipinski definition) is 11. The summed E-state index contributed by atoms with van der Waals surface area (Å²) in [6, 6.07) is 28.9. The molecule has 5 atom stereocenters. The molecule has 1 aromatic heterocycles. The van der Waals surface area contributed by atoms with Crippen LogP contribution in [0.2, 0.25) is 18.1 Å². The quantitative estimate of drug-likeness (QED) is 0.0429. The van der Waals surface area contributed by atoms with Crippen LogP contribution in [0.1, 0.15) is 64.0 Å². The molecule has 4 aromatic rings. The number of nitrogens with zero attached hydrogens (tertiary/aromatic N) is 3. The Hall–Kier alpha value is -4.16. The van der Waals surface area contributed by atoms with Gasteiger partial charge in [-0.1, -0.05) is 89.2 Å². The van der Waals surface area contributed by atoms with Crippen LogP contribution in [0, 0.1) is 11.3 Å². The Kier molecular flexibility index (Phi) is 15.3. The number of methoxy groups -OCH3 is 2. The fourth-order valence-electron chi connectivity index (χ4n) is 6.65. The van der Waals surface area contributed by atoms with E-state index in [2.05, 4.69) is 49.6 Å². The summed E-state index contributed by atoms with van der Waals surface area (Å²) >= 11 is 0. The fraction of sp³-hybridized carbons (Fsp3) is 0.465. The van der Waals surface area contributed by atoms with Gasteiger partial charge in [0.1, 0.15) is 35.4 Å². The zero-order valence-corrected chi connectivity index (χ0v) is 36.9. The molecule has 58 heavy (non-hydrogen) atoms. The monoisotopic (exact) mass is 832 g/mol. The second-order valence-corrected chi connectivity index (χ2v) is 21.7. The van der Waals surface area contributed by atoms with E-state index in [1.807, 2.05) is 92.7 Å². The second kappa shape index (κ2) is 19.7. The Bertz CT molecular complexity index is 2020. The summed E-state index contributed by atoms with van der Waals surface area (Å²) in [6.07, 6.45) is -1.93. The van der Waals surface area contributed by atoms with E-state index >= 15 is 0 Å². The highest BCUT2D eigenvalue weighted by molar-refractivity contribution is 7.44. The second-order valence-electron chi connectivity index (χ2n) is 15.4. The van der Waals surface area contributed by atoms with Crippen LogP contribution in [-0.2, 0) is 28.5 Å². The number of ether oxygens (including phenoxy) is 4. The summed E-state index contributed by atoms with van der Waals surface area (Å²) in [5, 5.41) is 9.17. The van der Waals surface area contributed by atoms with E-state index in [1.165, 1.54) is 16.8 Å². The van der Waals surface area contributed by atoms with Gasteiger partial charge in [0.25, 0.3) is 14.1 Å². The molecule has 2 heterocycles. The smallest absolute Gasteiger partial charge is 0.330 e. The highest BCUT2D eigenvalue weighted by Gasteiger charge is 2.54. The minimum Gasteiger partial charge on any atom is -0.497 e. The molecule has 15 heteroatoms. The van der Waals surface area contributed by atoms with Crippen LogP contribution < -0.4 is 20.7 Å². The van der Waals surface area contributed by atoms with Gasteiger partial charge in [0.2, 0.25) is 0 Å². The topological polar surface area (TPSA) is 146 Å². The molecule has 0 spiro atoms. The van der Waals surface area contributed by atoms with Crippen LogP contribution in [0.4, 0.5) is 0 Å². The minimum absolute atomic E-state index is 0.0385. The fourth-order valence-corrected chi connectivity index (χ4v) is 9.47. The summed E-state index contributed by atoms with van der Waals surface area (Å²) < 4.78 is 49.4. The average Bonchev–Trinajstić information content (AvgIpc) is 3.53. The number of aromatic amines is 1. The zero-order valence-electron chi connectivity index (χ0n) is 35.0. The van der Waals surface area contributed by atoms with E-state index in [1.54, 1.807) is 14.2 Å². The van der Waals surface area contributed by atoms with Crippen LogP contribution >= 0.6 is 8.53 Å². The molecule has 1 N–H and O–H groups in total. The summed E-state index contributed by atoms with van der Waals surface area (Å²) in [7, 11) is -1.10. The number of benzene rings is 3. The van der Waals surface area contributed by atoms with E-state index in [9.17, 15) is 14.9 Å². The largest absolute Gasteiger partial charge is 0.497 e.